The Bertz CT molecular complexity index is 2420. The lowest BCUT2D eigenvalue weighted by Gasteiger charge is -2.27. The van der Waals surface area contributed by atoms with Crippen LogP contribution in [-0.2, 0) is 22.7 Å². The third-order valence-corrected chi connectivity index (χ3v) is 12.1. The predicted molar refractivity (Wildman–Crippen MR) is 257 cm³/mol. The molecular formula is C54H54N6O4. The number of hydrogen-bond donors (Lipinski definition) is 2. The quantitative estimate of drug-likeness (QED) is 0.106. The summed E-state index contributed by atoms with van der Waals surface area (Å²) in [6, 6.07) is 49.6. The smallest absolute Gasteiger partial charge is 0.256 e. The van der Waals surface area contributed by atoms with Gasteiger partial charge in [-0.3, -0.25) is 19.2 Å². The maximum Gasteiger partial charge on any atom is 0.256 e. The first-order valence-electron chi connectivity index (χ1n) is 22.0. The number of nitrogens with one attached hydrogen (secondary N) is 2. The molecule has 0 aliphatic carbocycles. The van der Waals surface area contributed by atoms with E-state index in [0.717, 1.165) is 46.5 Å². The Hall–Kier alpha value is -7.46. The van der Waals surface area contributed by atoms with Crippen LogP contribution < -0.4 is 20.4 Å². The van der Waals surface area contributed by atoms with Crippen LogP contribution in [-0.4, -0.2) is 72.7 Å². The van der Waals surface area contributed by atoms with Gasteiger partial charge in [-0.05, 0) is 96.5 Å². The molecule has 324 valence electrons. The van der Waals surface area contributed by atoms with Crippen LogP contribution in [0.5, 0.6) is 0 Å². The average molecular weight is 851 g/mol. The predicted octanol–water partition coefficient (Wildman–Crippen LogP) is 9.62. The third-order valence-electron chi connectivity index (χ3n) is 12.1. The lowest BCUT2D eigenvalue weighted by molar-refractivity contribution is -0.120. The highest BCUT2D eigenvalue weighted by Crippen LogP contribution is 2.30. The fourth-order valence-electron chi connectivity index (χ4n) is 8.73. The first-order chi connectivity index (χ1) is 31.2. The molecule has 2 saturated heterocycles. The number of carbonyl (C=O) groups excluding carboxylic acids is 4. The first-order valence-corrected chi connectivity index (χ1v) is 22.0. The molecule has 6 aromatic carbocycles. The van der Waals surface area contributed by atoms with E-state index in [0.29, 0.717) is 61.5 Å². The van der Waals surface area contributed by atoms with Crippen molar-refractivity contribution < 1.29 is 19.2 Å². The van der Waals surface area contributed by atoms with Gasteiger partial charge in [0.05, 0.1) is 11.1 Å². The van der Waals surface area contributed by atoms with Gasteiger partial charge >= 0.3 is 0 Å². The van der Waals surface area contributed by atoms with E-state index >= 15 is 0 Å². The van der Waals surface area contributed by atoms with E-state index in [4.69, 9.17) is 0 Å². The molecule has 10 heteroatoms. The number of rotatable bonds is 14. The molecule has 0 unspecified atom stereocenters. The van der Waals surface area contributed by atoms with Gasteiger partial charge in [-0.2, -0.15) is 0 Å². The fourth-order valence-corrected chi connectivity index (χ4v) is 8.73. The minimum atomic E-state index is -0.563. The minimum Gasteiger partial charge on any atom is -0.370 e. The van der Waals surface area contributed by atoms with Gasteiger partial charge in [0.2, 0.25) is 11.8 Å². The summed E-state index contributed by atoms with van der Waals surface area (Å²) < 4.78 is 0. The molecule has 0 saturated carbocycles. The average Bonchev–Trinajstić information content (AvgIpc) is 4.04. The van der Waals surface area contributed by atoms with E-state index < -0.39 is 12.1 Å². The Morgan fingerprint density at radius 1 is 0.500 bits per heavy atom. The van der Waals surface area contributed by atoms with Gasteiger partial charge in [0.1, 0.15) is 12.1 Å². The Balaban J connectivity index is 0.840. The summed E-state index contributed by atoms with van der Waals surface area (Å²) in [6.07, 6.45) is 6.69. The van der Waals surface area contributed by atoms with E-state index in [-0.39, 0.29) is 23.6 Å². The number of likely N-dealkylation sites (tertiary alicyclic amines) is 2. The van der Waals surface area contributed by atoms with Gasteiger partial charge in [-0.1, -0.05) is 121 Å². The van der Waals surface area contributed by atoms with E-state index in [9.17, 15) is 19.2 Å². The standard InChI is InChI=1S/C54H54N6O4/c1-57(37-41-15-5-3-6-16-41)47-21-11-9-19-45(47)53(63)59-35-13-23-49(59)51(61)55-43-31-27-39(28-32-43)25-26-40-29-33-44(34-30-40)56-52(62)50-24-14-36-60(50)54(64)46-20-10-12-22-48(46)58(2)38-42-17-7-4-8-18-42/h3-12,15-22,25-34,49-50H,13-14,23-24,35-38H2,1-2H3,(H,55,61)(H,56,62)/t49-,50-/m0/s1. The van der Waals surface area contributed by atoms with Gasteiger partial charge in [-0.25, -0.2) is 0 Å². The Kier molecular flexibility index (Phi) is 13.6. The molecule has 0 radical (unpaired) electrons. The van der Waals surface area contributed by atoms with Crippen LogP contribution in [0.3, 0.4) is 0 Å². The summed E-state index contributed by atoms with van der Waals surface area (Å²) in [6.45, 7) is 2.36. The number of hydrogen-bond acceptors (Lipinski definition) is 6. The van der Waals surface area contributed by atoms with E-state index in [1.54, 1.807) is 9.80 Å². The van der Waals surface area contributed by atoms with Crippen molar-refractivity contribution in [3.63, 3.8) is 0 Å². The van der Waals surface area contributed by atoms with Crippen molar-refractivity contribution in [2.75, 3.05) is 47.6 Å². The second kappa shape index (κ2) is 20.2. The van der Waals surface area contributed by atoms with Gasteiger partial charge < -0.3 is 30.2 Å². The zero-order chi connectivity index (χ0) is 44.4. The molecule has 0 bridgehead atoms. The second-order valence-electron chi connectivity index (χ2n) is 16.6. The van der Waals surface area contributed by atoms with Gasteiger partial charge in [0.25, 0.3) is 11.8 Å². The molecule has 2 aliphatic heterocycles. The van der Waals surface area contributed by atoms with E-state index in [2.05, 4.69) is 44.7 Å². The molecule has 10 nitrogen and oxygen atoms in total. The van der Waals surface area contributed by atoms with Gasteiger partial charge in [0, 0.05) is 63.0 Å². The Morgan fingerprint density at radius 3 is 1.25 bits per heavy atom. The third kappa shape index (κ3) is 10.2. The summed E-state index contributed by atoms with van der Waals surface area (Å²) in [5.74, 6) is -0.679. The molecule has 2 N–H and O–H groups in total. The largest absolute Gasteiger partial charge is 0.370 e. The molecule has 8 rings (SSSR count). The molecule has 2 heterocycles. The van der Waals surface area contributed by atoms with Crippen LogP contribution in [0, 0.1) is 0 Å². The molecule has 2 aliphatic rings. The van der Waals surface area contributed by atoms with Crippen LogP contribution in [0.25, 0.3) is 12.2 Å². The lowest BCUT2D eigenvalue weighted by atomic mass is 10.1. The van der Waals surface area contributed by atoms with Crippen LogP contribution in [0.15, 0.2) is 158 Å². The van der Waals surface area contributed by atoms with Crippen molar-refractivity contribution in [3.05, 3.63) is 191 Å². The highest BCUT2D eigenvalue weighted by atomic mass is 16.2. The summed E-state index contributed by atoms with van der Waals surface area (Å²) in [5, 5.41) is 6.08. The first kappa shape index (κ1) is 43.2. The van der Waals surface area contributed by atoms with Gasteiger partial charge in [0.15, 0.2) is 0 Å². The molecule has 0 spiro atoms. The molecule has 0 aromatic heterocycles. The second-order valence-corrected chi connectivity index (χ2v) is 16.6. The van der Waals surface area contributed by atoms with Gasteiger partial charge in [-0.15, -0.1) is 0 Å². The summed E-state index contributed by atoms with van der Waals surface area (Å²) in [5.41, 5.74) is 8.33. The number of carbonyl (C=O) groups is 4. The van der Waals surface area contributed by atoms with Crippen molar-refractivity contribution in [3.8, 4) is 0 Å². The molecule has 4 amide bonds. The Labute approximate surface area is 375 Å². The molecular weight excluding hydrogens is 797 g/mol. The van der Waals surface area contributed by atoms with Crippen molar-refractivity contribution in [2.45, 2.75) is 50.9 Å². The van der Waals surface area contributed by atoms with Crippen molar-refractivity contribution >= 4 is 58.5 Å². The van der Waals surface area contributed by atoms with Crippen molar-refractivity contribution in [2.24, 2.45) is 0 Å². The monoisotopic (exact) mass is 850 g/mol. The van der Waals surface area contributed by atoms with Crippen molar-refractivity contribution in [1.82, 2.24) is 9.80 Å². The highest BCUT2D eigenvalue weighted by Gasteiger charge is 2.37. The van der Waals surface area contributed by atoms with Crippen LogP contribution >= 0.6 is 0 Å². The number of nitrogens with zero attached hydrogens (tertiary/aromatic N) is 4. The van der Waals surface area contributed by atoms with E-state index in [1.165, 1.54) is 0 Å². The molecule has 2 fully saturated rings. The Morgan fingerprint density at radius 2 is 0.859 bits per heavy atom. The molecule has 6 aromatic rings. The van der Waals surface area contributed by atoms with Crippen molar-refractivity contribution in [1.29, 1.82) is 0 Å². The van der Waals surface area contributed by atoms with E-state index in [1.807, 2.05) is 160 Å². The van der Waals surface area contributed by atoms with Crippen LogP contribution in [0.4, 0.5) is 22.7 Å². The van der Waals surface area contributed by atoms with Crippen LogP contribution in [0.1, 0.15) is 68.7 Å². The van der Waals surface area contributed by atoms with Crippen LogP contribution in [0.2, 0.25) is 0 Å². The maximum atomic E-state index is 14.0. The minimum absolute atomic E-state index is 0.142. The zero-order valence-electron chi connectivity index (χ0n) is 36.4. The highest BCUT2D eigenvalue weighted by molar-refractivity contribution is 6.05. The zero-order valence-corrected chi connectivity index (χ0v) is 36.4. The fraction of sp³-hybridized carbons (Fsp3) is 0.222. The summed E-state index contributed by atoms with van der Waals surface area (Å²) in [7, 11) is 3.96. The molecule has 2 atom stereocenters. The SMILES string of the molecule is CN(Cc1ccccc1)c1ccccc1C(=O)N1CCC[C@H]1C(=O)Nc1ccc(C=Cc2ccc(NC(=O)[C@@H]3CCCN3C(=O)c3ccccc3N(C)Cc3ccccc3)cc2)cc1. The number of anilines is 4. The lowest BCUT2D eigenvalue weighted by Crippen LogP contribution is -2.43. The number of amides is 4. The summed E-state index contributed by atoms with van der Waals surface area (Å²) >= 11 is 0. The summed E-state index contributed by atoms with van der Waals surface area (Å²) in [4.78, 5) is 62.7. The normalized spacial score (nSPS) is 15.8. The topological polar surface area (TPSA) is 105 Å². The number of para-hydroxylation sites is 2. The maximum absolute atomic E-state index is 14.0. The number of benzene rings is 6. The molecule has 64 heavy (non-hydrogen) atoms.